The molecule has 1 unspecified atom stereocenters. The van der Waals surface area contributed by atoms with E-state index in [0.717, 1.165) is 15.4 Å². The molecule has 0 spiro atoms. The van der Waals surface area contributed by atoms with Gasteiger partial charge in [0.2, 0.25) is 22.7 Å². The van der Waals surface area contributed by atoms with Gasteiger partial charge in [-0.1, -0.05) is 18.2 Å². The number of rotatable bonds is 7. The number of hydrogen-bond donors (Lipinski definition) is 1. The van der Waals surface area contributed by atoms with Gasteiger partial charge >= 0.3 is 0 Å². The van der Waals surface area contributed by atoms with E-state index >= 15 is 0 Å². The molecule has 3 rings (SSSR count). The number of benzene rings is 2. The largest absolute Gasteiger partial charge is 0.454 e. The predicted molar refractivity (Wildman–Crippen MR) is 112 cm³/mol. The second-order valence-corrected chi connectivity index (χ2v) is 9.26. The number of nitrogens with zero attached hydrogens (tertiary/aromatic N) is 1. The summed E-state index contributed by atoms with van der Waals surface area (Å²) in [4.78, 5) is 12.7. The zero-order chi connectivity index (χ0) is 21.2. The maximum Gasteiger partial charge on any atom is 0.241 e. The van der Waals surface area contributed by atoms with Gasteiger partial charge in [0, 0.05) is 6.07 Å². The predicted octanol–water partition coefficient (Wildman–Crippen LogP) is 3.07. The van der Waals surface area contributed by atoms with Crippen LogP contribution in [-0.4, -0.2) is 33.4 Å². The highest BCUT2D eigenvalue weighted by atomic mass is 32.2. The molecule has 0 aromatic heterocycles. The van der Waals surface area contributed by atoms with E-state index in [1.165, 1.54) is 5.56 Å². The Bertz CT molecular complexity index is 1020. The van der Waals surface area contributed by atoms with Gasteiger partial charge in [0.05, 0.1) is 17.5 Å². The van der Waals surface area contributed by atoms with E-state index in [9.17, 15) is 13.2 Å². The van der Waals surface area contributed by atoms with E-state index in [1.807, 2.05) is 39.0 Å². The van der Waals surface area contributed by atoms with Crippen molar-refractivity contribution in [1.82, 2.24) is 5.32 Å². The maximum atomic E-state index is 12.7. The molecule has 2 aromatic rings. The first kappa shape index (κ1) is 21.0. The SMILES string of the molecule is CCS(=O)(=O)N(CC(=O)NC(C)c1ccc(C)c(C)c1)c1ccc2c(c1)OCO2. The van der Waals surface area contributed by atoms with Crippen LogP contribution in [0.15, 0.2) is 36.4 Å². The first-order valence-electron chi connectivity index (χ1n) is 9.48. The van der Waals surface area contributed by atoms with Crippen LogP contribution >= 0.6 is 0 Å². The van der Waals surface area contributed by atoms with Crippen LogP contribution in [0.2, 0.25) is 0 Å². The van der Waals surface area contributed by atoms with Crippen LogP contribution in [0.25, 0.3) is 0 Å². The Kier molecular flexibility index (Phi) is 6.02. The molecule has 8 heteroatoms. The smallest absolute Gasteiger partial charge is 0.241 e. The maximum absolute atomic E-state index is 12.7. The number of nitrogens with one attached hydrogen (secondary N) is 1. The molecule has 1 heterocycles. The highest BCUT2D eigenvalue weighted by Crippen LogP contribution is 2.36. The molecule has 0 fully saturated rings. The number of carbonyl (C=O) groups is 1. The van der Waals surface area contributed by atoms with Gasteiger partial charge in [-0.25, -0.2) is 8.42 Å². The minimum absolute atomic E-state index is 0.0906. The normalized spacial score (nSPS) is 13.8. The quantitative estimate of drug-likeness (QED) is 0.747. The van der Waals surface area contributed by atoms with Crippen molar-refractivity contribution in [2.24, 2.45) is 0 Å². The Morgan fingerprint density at radius 1 is 1.10 bits per heavy atom. The molecule has 0 aliphatic carbocycles. The van der Waals surface area contributed by atoms with E-state index in [4.69, 9.17) is 9.47 Å². The lowest BCUT2D eigenvalue weighted by Crippen LogP contribution is -2.42. The van der Waals surface area contributed by atoms with Gasteiger partial charge in [-0.05, 0) is 56.5 Å². The highest BCUT2D eigenvalue weighted by Gasteiger charge is 2.26. The highest BCUT2D eigenvalue weighted by molar-refractivity contribution is 7.92. The van der Waals surface area contributed by atoms with Gasteiger partial charge in [-0.3, -0.25) is 9.10 Å². The van der Waals surface area contributed by atoms with Crippen molar-refractivity contribution in [3.63, 3.8) is 0 Å². The fourth-order valence-electron chi connectivity index (χ4n) is 3.08. The molecular weight excluding hydrogens is 392 g/mol. The van der Waals surface area contributed by atoms with Crippen LogP contribution in [-0.2, 0) is 14.8 Å². The van der Waals surface area contributed by atoms with E-state index in [-0.39, 0.29) is 31.0 Å². The summed E-state index contributed by atoms with van der Waals surface area (Å²) in [5, 5.41) is 2.89. The van der Waals surface area contributed by atoms with Gasteiger partial charge in [0.1, 0.15) is 6.54 Å². The first-order chi connectivity index (χ1) is 13.7. The van der Waals surface area contributed by atoms with Crippen molar-refractivity contribution in [3.05, 3.63) is 53.1 Å². The number of anilines is 1. The zero-order valence-corrected chi connectivity index (χ0v) is 17.9. The lowest BCUT2D eigenvalue weighted by Gasteiger charge is -2.24. The van der Waals surface area contributed by atoms with Crippen molar-refractivity contribution in [1.29, 1.82) is 0 Å². The topological polar surface area (TPSA) is 84.9 Å². The fourth-order valence-corrected chi connectivity index (χ4v) is 4.14. The summed E-state index contributed by atoms with van der Waals surface area (Å²) in [5.41, 5.74) is 3.65. The molecule has 1 amide bonds. The van der Waals surface area contributed by atoms with Gasteiger partial charge in [0.15, 0.2) is 11.5 Å². The van der Waals surface area contributed by atoms with Gasteiger partial charge < -0.3 is 14.8 Å². The molecule has 2 aromatic carbocycles. The third-order valence-electron chi connectivity index (χ3n) is 5.04. The second-order valence-electron chi connectivity index (χ2n) is 7.08. The Hall–Kier alpha value is -2.74. The number of sulfonamides is 1. The summed E-state index contributed by atoms with van der Waals surface area (Å²) in [5.74, 6) is 0.505. The number of ether oxygens (including phenoxy) is 2. The Morgan fingerprint density at radius 2 is 1.83 bits per heavy atom. The van der Waals surface area contributed by atoms with Crippen molar-refractivity contribution in [2.75, 3.05) is 23.4 Å². The molecule has 1 atom stereocenters. The minimum Gasteiger partial charge on any atom is -0.454 e. The van der Waals surface area contributed by atoms with E-state index in [1.54, 1.807) is 25.1 Å². The first-order valence-corrected chi connectivity index (χ1v) is 11.1. The lowest BCUT2D eigenvalue weighted by atomic mass is 10.0. The van der Waals surface area contributed by atoms with Gasteiger partial charge in [0.25, 0.3) is 0 Å². The van der Waals surface area contributed by atoms with E-state index < -0.39 is 10.0 Å². The van der Waals surface area contributed by atoms with Crippen LogP contribution in [0.1, 0.15) is 36.6 Å². The number of amides is 1. The van der Waals surface area contributed by atoms with Crippen LogP contribution < -0.4 is 19.1 Å². The molecule has 0 bridgehead atoms. The van der Waals surface area contributed by atoms with Crippen molar-refractivity contribution in [3.8, 4) is 11.5 Å². The number of hydrogen-bond acceptors (Lipinski definition) is 5. The van der Waals surface area contributed by atoms with Crippen LogP contribution in [0.5, 0.6) is 11.5 Å². The van der Waals surface area contributed by atoms with Crippen molar-refractivity contribution < 1.29 is 22.7 Å². The molecule has 29 heavy (non-hydrogen) atoms. The van der Waals surface area contributed by atoms with Crippen LogP contribution in [0.4, 0.5) is 5.69 Å². The Balaban J connectivity index is 1.79. The summed E-state index contributed by atoms with van der Waals surface area (Å²) >= 11 is 0. The Labute approximate surface area is 171 Å². The second kappa shape index (κ2) is 8.32. The molecular formula is C21H26N2O5S. The fraction of sp³-hybridized carbons (Fsp3) is 0.381. The van der Waals surface area contributed by atoms with Gasteiger partial charge in [-0.15, -0.1) is 0 Å². The molecule has 1 aliphatic rings. The average molecular weight is 419 g/mol. The summed E-state index contributed by atoms with van der Waals surface area (Å²) < 4.78 is 37.0. The third-order valence-corrected chi connectivity index (χ3v) is 6.78. The van der Waals surface area contributed by atoms with E-state index in [0.29, 0.717) is 17.2 Å². The summed E-state index contributed by atoms with van der Waals surface area (Å²) in [7, 11) is -3.66. The van der Waals surface area contributed by atoms with Gasteiger partial charge in [-0.2, -0.15) is 0 Å². The summed E-state index contributed by atoms with van der Waals surface area (Å²) in [6.07, 6.45) is 0. The van der Waals surface area contributed by atoms with Crippen molar-refractivity contribution in [2.45, 2.75) is 33.7 Å². The molecule has 7 nitrogen and oxygen atoms in total. The summed E-state index contributed by atoms with van der Waals surface area (Å²) in [6, 6.07) is 10.6. The molecule has 0 saturated heterocycles. The molecule has 156 valence electrons. The van der Waals surface area contributed by atoms with Crippen molar-refractivity contribution >= 4 is 21.6 Å². The average Bonchev–Trinajstić information content (AvgIpc) is 3.15. The number of carbonyl (C=O) groups excluding carboxylic acids is 1. The van der Waals surface area contributed by atoms with Crippen LogP contribution in [0, 0.1) is 13.8 Å². The third kappa shape index (κ3) is 4.64. The monoisotopic (exact) mass is 418 g/mol. The molecule has 0 radical (unpaired) electrons. The van der Waals surface area contributed by atoms with Crippen LogP contribution in [0.3, 0.4) is 0 Å². The molecule has 1 aliphatic heterocycles. The number of fused-ring (bicyclic) bond motifs is 1. The lowest BCUT2D eigenvalue weighted by molar-refractivity contribution is -0.120. The number of aryl methyl sites for hydroxylation is 2. The van der Waals surface area contributed by atoms with E-state index in [2.05, 4.69) is 5.32 Å². The standard InChI is InChI=1S/C21H26N2O5S/c1-5-29(25,26)23(18-8-9-19-20(11-18)28-13-27-19)12-21(24)22-16(4)17-7-6-14(2)15(3)10-17/h6-11,16H,5,12-13H2,1-4H3,(H,22,24). The minimum atomic E-state index is -3.66. The summed E-state index contributed by atoms with van der Waals surface area (Å²) in [6.45, 7) is 7.24. The molecule has 1 N–H and O–H groups in total. The molecule has 0 saturated carbocycles. The Morgan fingerprint density at radius 3 is 2.52 bits per heavy atom. The zero-order valence-electron chi connectivity index (χ0n) is 17.1.